The molecular weight excluding hydrogens is 244 g/mol. The number of thiophene rings is 1. The van der Waals surface area contributed by atoms with Crippen molar-refractivity contribution in [3.8, 4) is 5.69 Å². The van der Waals surface area contributed by atoms with Crippen LogP contribution in [0.5, 0.6) is 0 Å². The van der Waals surface area contributed by atoms with Crippen molar-refractivity contribution >= 4 is 34.0 Å². The standard InChI is InChI=1S/C10H7ClN4S/c1-6-3-16-4-8(6)15-10-7(2-14-15)9(11)12-5-13-10/h2-5H,1H3. The fourth-order valence-corrected chi connectivity index (χ4v) is 2.55. The lowest BCUT2D eigenvalue weighted by Crippen LogP contribution is -1.97. The van der Waals surface area contributed by atoms with E-state index in [-0.39, 0.29) is 0 Å². The molecule has 3 heterocycles. The number of rotatable bonds is 1. The number of hydrogen-bond acceptors (Lipinski definition) is 4. The number of nitrogens with zero attached hydrogens (tertiary/aromatic N) is 4. The molecule has 0 aromatic carbocycles. The smallest absolute Gasteiger partial charge is 0.167 e. The van der Waals surface area contributed by atoms with Crippen LogP contribution in [0.2, 0.25) is 5.15 Å². The number of fused-ring (bicyclic) bond motifs is 1. The SMILES string of the molecule is Cc1cscc1-n1ncc2c(Cl)ncnc21. The van der Waals surface area contributed by atoms with Crippen LogP contribution in [0.4, 0.5) is 0 Å². The highest BCUT2D eigenvalue weighted by molar-refractivity contribution is 7.08. The minimum atomic E-state index is 0.434. The topological polar surface area (TPSA) is 43.6 Å². The van der Waals surface area contributed by atoms with Gasteiger partial charge in [0.2, 0.25) is 0 Å². The lowest BCUT2D eigenvalue weighted by Gasteiger charge is -2.00. The van der Waals surface area contributed by atoms with E-state index in [9.17, 15) is 0 Å². The molecular formula is C10H7ClN4S. The van der Waals surface area contributed by atoms with E-state index in [0.29, 0.717) is 5.15 Å². The largest absolute Gasteiger partial charge is 0.224 e. The molecule has 0 aliphatic carbocycles. The molecule has 0 aliphatic rings. The van der Waals surface area contributed by atoms with Crippen molar-refractivity contribution in [2.45, 2.75) is 6.92 Å². The maximum Gasteiger partial charge on any atom is 0.167 e. The van der Waals surface area contributed by atoms with E-state index < -0.39 is 0 Å². The third-order valence-electron chi connectivity index (χ3n) is 2.37. The van der Waals surface area contributed by atoms with Crippen LogP contribution in [0.1, 0.15) is 5.56 Å². The van der Waals surface area contributed by atoms with E-state index in [1.807, 2.05) is 12.3 Å². The van der Waals surface area contributed by atoms with Crippen LogP contribution in [-0.4, -0.2) is 19.7 Å². The van der Waals surface area contributed by atoms with Gasteiger partial charge in [-0.15, -0.1) is 11.3 Å². The summed E-state index contributed by atoms with van der Waals surface area (Å²) in [5, 5.41) is 9.62. The van der Waals surface area contributed by atoms with Crippen LogP contribution < -0.4 is 0 Å². The minimum Gasteiger partial charge on any atom is -0.224 e. The molecule has 0 bridgehead atoms. The summed E-state index contributed by atoms with van der Waals surface area (Å²) in [5.41, 5.74) is 2.95. The molecule has 0 aliphatic heterocycles. The predicted octanol–water partition coefficient (Wildman–Crippen LogP) is 2.84. The fraction of sp³-hybridized carbons (Fsp3) is 0.100. The molecule has 0 atom stereocenters. The van der Waals surface area contributed by atoms with Crippen LogP contribution in [0.25, 0.3) is 16.7 Å². The molecule has 0 radical (unpaired) electrons. The van der Waals surface area contributed by atoms with Gasteiger partial charge in [0, 0.05) is 5.38 Å². The second-order valence-corrected chi connectivity index (χ2v) is 4.50. The minimum absolute atomic E-state index is 0.434. The molecule has 0 saturated heterocycles. The van der Waals surface area contributed by atoms with Gasteiger partial charge >= 0.3 is 0 Å². The number of aromatic nitrogens is 4. The summed E-state index contributed by atoms with van der Waals surface area (Å²) >= 11 is 7.61. The number of halogens is 1. The summed E-state index contributed by atoms with van der Waals surface area (Å²) in [4.78, 5) is 8.14. The van der Waals surface area contributed by atoms with Crippen LogP contribution in [0.3, 0.4) is 0 Å². The molecule has 0 saturated carbocycles. The molecule has 80 valence electrons. The summed E-state index contributed by atoms with van der Waals surface area (Å²) in [6.07, 6.45) is 3.14. The Hall–Kier alpha value is -1.46. The Morgan fingerprint density at radius 3 is 2.94 bits per heavy atom. The van der Waals surface area contributed by atoms with Gasteiger partial charge in [0.15, 0.2) is 5.65 Å². The summed E-state index contributed by atoms with van der Waals surface area (Å²) in [5.74, 6) is 0. The Balaban J connectivity index is 2.34. The third kappa shape index (κ3) is 1.32. The molecule has 4 nitrogen and oxygen atoms in total. The molecule has 0 fully saturated rings. The lowest BCUT2D eigenvalue weighted by molar-refractivity contribution is 0.892. The quantitative estimate of drug-likeness (QED) is 0.624. The Morgan fingerprint density at radius 1 is 1.31 bits per heavy atom. The first-order valence-corrected chi connectivity index (χ1v) is 5.97. The third-order valence-corrected chi connectivity index (χ3v) is 3.52. The first kappa shape index (κ1) is 9.74. The highest BCUT2D eigenvalue weighted by Gasteiger charge is 2.11. The Kier molecular flexibility index (Phi) is 2.15. The van der Waals surface area contributed by atoms with E-state index >= 15 is 0 Å². The van der Waals surface area contributed by atoms with Crippen molar-refractivity contribution in [2.24, 2.45) is 0 Å². The van der Waals surface area contributed by atoms with Gasteiger partial charge in [-0.3, -0.25) is 0 Å². The lowest BCUT2D eigenvalue weighted by atomic mass is 10.3. The first-order valence-electron chi connectivity index (χ1n) is 4.65. The van der Waals surface area contributed by atoms with Gasteiger partial charge in [0.05, 0.1) is 17.3 Å². The molecule has 3 aromatic heterocycles. The van der Waals surface area contributed by atoms with Gasteiger partial charge in [-0.05, 0) is 17.9 Å². The van der Waals surface area contributed by atoms with Gasteiger partial charge in [0.1, 0.15) is 11.5 Å². The average molecular weight is 251 g/mol. The zero-order valence-corrected chi connectivity index (χ0v) is 9.96. The van der Waals surface area contributed by atoms with Crippen molar-refractivity contribution in [1.29, 1.82) is 0 Å². The monoisotopic (exact) mass is 250 g/mol. The van der Waals surface area contributed by atoms with Gasteiger partial charge < -0.3 is 0 Å². The zero-order valence-electron chi connectivity index (χ0n) is 8.38. The number of aryl methyl sites for hydroxylation is 1. The van der Waals surface area contributed by atoms with E-state index in [2.05, 4.69) is 20.4 Å². The van der Waals surface area contributed by atoms with Crippen molar-refractivity contribution in [3.05, 3.63) is 34.0 Å². The molecule has 0 N–H and O–H groups in total. The van der Waals surface area contributed by atoms with E-state index in [1.54, 1.807) is 22.2 Å². The Labute approximate surface area is 101 Å². The maximum atomic E-state index is 5.97. The average Bonchev–Trinajstić information content (AvgIpc) is 2.84. The van der Waals surface area contributed by atoms with Crippen molar-refractivity contribution in [3.63, 3.8) is 0 Å². The molecule has 0 spiro atoms. The maximum absolute atomic E-state index is 5.97. The molecule has 16 heavy (non-hydrogen) atoms. The summed E-state index contributed by atoms with van der Waals surface area (Å²) < 4.78 is 1.79. The van der Waals surface area contributed by atoms with Crippen molar-refractivity contribution in [1.82, 2.24) is 19.7 Å². The molecule has 0 unspecified atom stereocenters. The van der Waals surface area contributed by atoms with E-state index in [4.69, 9.17) is 11.6 Å². The molecule has 3 rings (SSSR count). The second kappa shape index (κ2) is 3.54. The van der Waals surface area contributed by atoms with Gasteiger partial charge in [-0.1, -0.05) is 11.6 Å². The number of hydrogen-bond donors (Lipinski definition) is 0. The molecule has 0 amide bonds. The molecule has 3 aromatic rings. The van der Waals surface area contributed by atoms with Gasteiger partial charge in [-0.2, -0.15) is 5.10 Å². The van der Waals surface area contributed by atoms with Gasteiger partial charge in [-0.25, -0.2) is 14.6 Å². The molecule has 6 heteroatoms. The highest BCUT2D eigenvalue weighted by Crippen LogP contribution is 2.24. The normalized spacial score (nSPS) is 11.1. The van der Waals surface area contributed by atoms with E-state index in [1.165, 1.54) is 11.9 Å². The van der Waals surface area contributed by atoms with Crippen molar-refractivity contribution < 1.29 is 0 Å². The summed E-state index contributed by atoms with van der Waals surface area (Å²) in [6.45, 7) is 2.04. The van der Waals surface area contributed by atoms with Crippen LogP contribution >= 0.6 is 22.9 Å². The summed E-state index contributed by atoms with van der Waals surface area (Å²) in [6, 6.07) is 0. The summed E-state index contributed by atoms with van der Waals surface area (Å²) in [7, 11) is 0. The Bertz CT molecular complexity index is 658. The van der Waals surface area contributed by atoms with Crippen LogP contribution in [0, 0.1) is 6.92 Å². The zero-order chi connectivity index (χ0) is 11.1. The van der Waals surface area contributed by atoms with Crippen LogP contribution in [-0.2, 0) is 0 Å². The van der Waals surface area contributed by atoms with Crippen LogP contribution in [0.15, 0.2) is 23.3 Å². The predicted molar refractivity (Wildman–Crippen MR) is 64.3 cm³/mol. The van der Waals surface area contributed by atoms with Crippen molar-refractivity contribution in [2.75, 3.05) is 0 Å². The van der Waals surface area contributed by atoms with Gasteiger partial charge in [0.25, 0.3) is 0 Å². The second-order valence-electron chi connectivity index (χ2n) is 3.40. The fourth-order valence-electron chi connectivity index (χ4n) is 1.56. The first-order chi connectivity index (χ1) is 7.77. The highest BCUT2D eigenvalue weighted by atomic mass is 35.5. The Morgan fingerprint density at radius 2 is 2.19 bits per heavy atom. The van der Waals surface area contributed by atoms with E-state index in [0.717, 1.165) is 16.7 Å².